The molecule has 0 saturated heterocycles. The number of hydrogen-bond donors (Lipinski definition) is 3. The van der Waals surface area contributed by atoms with Gasteiger partial charge in [0.15, 0.2) is 11.7 Å². The maximum atomic E-state index is 11.4. The van der Waals surface area contributed by atoms with Gasteiger partial charge in [-0.2, -0.15) is 0 Å². The van der Waals surface area contributed by atoms with Gasteiger partial charge in [0.05, 0.1) is 7.11 Å². The first-order valence-electron chi connectivity index (χ1n) is 5.23. The van der Waals surface area contributed by atoms with Crippen LogP contribution >= 0.6 is 12.2 Å². The molecule has 0 radical (unpaired) electrons. The Hall–Kier alpha value is -2.35. The number of ether oxygens (including phenoxy) is 2. The Bertz CT molecular complexity index is 453. The third-order valence-corrected chi connectivity index (χ3v) is 2.03. The highest BCUT2D eigenvalue weighted by Gasteiger charge is 2.06. The fourth-order valence-corrected chi connectivity index (χ4v) is 1.18. The lowest BCUT2D eigenvalue weighted by atomic mass is 10.3. The first-order chi connectivity index (χ1) is 9.11. The van der Waals surface area contributed by atoms with E-state index in [4.69, 9.17) is 17.0 Å². The molecule has 0 unspecified atom stereocenters. The van der Waals surface area contributed by atoms with Crippen LogP contribution in [0.5, 0.6) is 5.75 Å². The minimum atomic E-state index is -0.725. The van der Waals surface area contributed by atoms with Crippen LogP contribution in [0.1, 0.15) is 0 Å². The number of carbonyl (C=O) groups is 2. The van der Waals surface area contributed by atoms with Crippen molar-refractivity contribution in [2.24, 2.45) is 0 Å². The Morgan fingerprint density at radius 3 is 2.53 bits per heavy atom. The van der Waals surface area contributed by atoms with Crippen LogP contribution in [-0.2, 0) is 9.53 Å². The fourth-order valence-electron chi connectivity index (χ4n) is 1.02. The number of nitrogens with one attached hydrogen (secondary N) is 3. The molecule has 0 atom stereocenters. The van der Waals surface area contributed by atoms with E-state index in [0.29, 0.717) is 5.75 Å². The van der Waals surface area contributed by atoms with E-state index in [1.165, 1.54) is 7.11 Å². The molecule has 1 rings (SSSR count). The van der Waals surface area contributed by atoms with Gasteiger partial charge < -0.3 is 9.47 Å². The van der Waals surface area contributed by atoms with Gasteiger partial charge in [0, 0.05) is 0 Å². The van der Waals surface area contributed by atoms with Crippen molar-refractivity contribution in [3.05, 3.63) is 30.3 Å². The zero-order valence-electron chi connectivity index (χ0n) is 10.1. The van der Waals surface area contributed by atoms with Gasteiger partial charge in [0.1, 0.15) is 5.75 Å². The summed E-state index contributed by atoms with van der Waals surface area (Å²) in [5.41, 5.74) is 4.39. The number of thiocarbonyl (C=S) groups is 1. The summed E-state index contributed by atoms with van der Waals surface area (Å²) in [7, 11) is 1.20. The van der Waals surface area contributed by atoms with Gasteiger partial charge in [-0.1, -0.05) is 18.2 Å². The van der Waals surface area contributed by atoms with Gasteiger partial charge in [0.25, 0.3) is 5.91 Å². The number of benzene rings is 1. The van der Waals surface area contributed by atoms with E-state index in [2.05, 4.69) is 20.9 Å². The van der Waals surface area contributed by atoms with Crippen LogP contribution < -0.4 is 20.9 Å². The van der Waals surface area contributed by atoms with Crippen LogP contribution in [0, 0.1) is 0 Å². The highest BCUT2D eigenvalue weighted by molar-refractivity contribution is 7.80. The lowest BCUT2D eigenvalue weighted by molar-refractivity contribution is -0.121. The van der Waals surface area contributed by atoms with Crippen LogP contribution in [0.4, 0.5) is 4.79 Å². The lowest BCUT2D eigenvalue weighted by Gasteiger charge is -2.10. The fraction of sp³-hybridized carbons (Fsp3) is 0.182. The first kappa shape index (κ1) is 14.7. The van der Waals surface area contributed by atoms with Gasteiger partial charge in [-0.05, 0) is 24.4 Å². The largest absolute Gasteiger partial charge is 0.484 e. The normalized spacial score (nSPS) is 9.11. The standard InChI is InChI=1S/C11H13N3O4S/c1-17-11(16)14-13-10(19)12-9(15)7-18-8-5-3-2-4-6-8/h2-6H,7H2,1H3,(H,14,16)(H2,12,13,15,19). The lowest BCUT2D eigenvalue weighted by Crippen LogP contribution is -2.49. The Morgan fingerprint density at radius 2 is 1.89 bits per heavy atom. The van der Waals surface area contributed by atoms with Crippen LogP contribution in [0.3, 0.4) is 0 Å². The molecule has 0 fully saturated rings. The molecule has 3 N–H and O–H groups in total. The summed E-state index contributed by atoms with van der Waals surface area (Å²) < 4.78 is 9.51. The van der Waals surface area contributed by atoms with E-state index in [1.54, 1.807) is 24.3 Å². The summed E-state index contributed by atoms with van der Waals surface area (Å²) in [5, 5.41) is 2.25. The third kappa shape index (κ3) is 6.22. The smallest absolute Gasteiger partial charge is 0.425 e. The quantitative estimate of drug-likeness (QED) is 0.547. The molecule has 0 aliphatic heterocycles. The van der Waals surface area contributed by atoms with Crippen LogP contribution in [0.2, 0.25) is 0 Å². The predicted molar refractivity (Wildman–Crippen MR) is 71.4 cm³/mol. The van der Waals surface area contributed by atoms with Crippen molar-refractivity contribution < 1.29 is 19.1 Å². The molecule has 0 aliphatic rings. The second-order valence-electron chi connectivity index (χ2n) is 3.22. The molecule has 0 bridgehead atoms. The van der Waals surface area contributed by atoms with E-state index >= 15 is 0 Å². The van der Waals surface area contributed by atoms with Crippen molar-refractivity contribution >= 4 is 29.3 Å². The van der Waals surface area contributed by atoms with Crippen LogP contribution in [-0.4, -0.2) is 30.8 Å². The molecule has 0 heterocycles. The summed E-state index contributed by atoms with van der Waals surface area (Å²) in [5.74, 6) is 0.122. The maximum Gasteiger partial charge on any atom is 0.425 e. The molecular formula is C11H13N3O4S. The molecule has 0 aliphatic carbocycles. The molecule has 0 spiro atoms. The Balaban J connectivity index is 2.24. The minimum absolute atomic E-state index is 0.0629. The van der Waals surface area contributed by atoms with E-state index in [1.807, 2.05) is 6.07 Å². The highest BCUT2D eigenvalue weighted by atomic mass is 32.1. The Kier molecular flexibility index (Phi) is 6.10. The summed E-state index contributed by atoms with van der Waals surface area (Å²) in [6, 6.07) is 8.87. The summed E-state index contributed by atoms with van der Waals surface area (Å²) in [6.45, 7) is -0.190. The summed E-state index contributed by atoms with van der Waals surface area (Å²) >= 11 is 4.76. The predicted octanol–water partition coefficient (Wildman–Crippen LogP) is 0.327. The Morgan fingerprint density at radius 1 is 1.21 bits per heavy atom. The monoisotopic (exact) mass is 283 g/mol. The van der Waals surface area contributed by atoms with E-state index in [9.17, 15) is 9.59 Å². The first-order valence-corrected chi connectivity index (χ1v) is 5.64. The van der Waals surface area contributed by atoms with Crippen molar-refractivity contribution in [2.75, 3.05) is 13.7 Å². The molecule has 0 aromatic heterocycles. The zero-order chi connectivity index (χ0) is 14.1. The molecule has 1 aromatic carbocycles. The minimum Gasteiger partial charge on any atom is -0.484 e. The molecule has 7 nitrogen and oxygen atoms in total. The van der Waals surface area contributed by atoms with E-state index < -0.39 is 12.0 Å². The number of methoxy groups -OCH3 is 1. The molecule has 102 valence electrons. The van der Waals surface area contributed by atoms with Crippen LogP contribution in [0.25, 0.3) is 0 Å². The number of hydrogen-bond acceptors (Lipinski definition) is 5. The molecule has 8 heteroatoms. The number of para-hydroxylation sites is 1. The van der Waals surface area contributed by atoms with E-state index in [-0.39, 0.29) is 11.7 Å². The molecule has 2 amide bonds. The molecule has 0 saturated carbocycles. The van der Waals surface area contributed by atoms with Gasteiger partial charge in [0.2, 0.25) is 0 Å². The van der Waals surface area contributed by atoms with Crippen molar-refractivity contribution in [1.29, 1.82) is 0 Å². The molecular weight excluding hydrogens is 270 g/mol. The van der Waals surface area contributed by atoms with Gasteiger partial charge >= 0.3 is 6.09 Å². The van der Waals surface area contributed by atoms with Crippen molar-refractivity contribution in [1.82, 2.24) is 16.2 Å². The van der Waals surface area contributed by atoms with Gasteiger partial charge in [-0.15, -0.1) is 0 Å². The zero-order valence-corrected chi connectivity index (χ0v) is 11.0. The average molecular weight is 283 g/mol. The average Bonchev–Trinajstić information content (AvgIpc) is 2.43. The third-order valence-electron chi connectivity index (χ3n) is 1.83. The topological polar surface area (TPSA) is 88.7 Å². The molecule has 1 aromatic rings. The maximum absolute atomic E-state index is 11.4. The Labute approximate surface area is 115 Å². The number of carbonyl (C=O) groups excluding carboxylic acids is 2. The summed E-state index contributed by atoms with van der Waals surface area (Å²) in [4.78, 5) is 22.2. The van der Waals surface area contributed by atoms with E-state index in [0.717, 1.165) is 0 Å². The second kappa shape index (κ2) is 7.88. The van der Waals surface area contributed by atoms with Crippen LogP contribution in [0.15, 0.2) is 30.3 Å². The van der Waals surface area contributed by atoms with Gasteiger partial charge in [-0.25, -0.2) is 10.2 Å². The van der Waals surface area contributed by atoms with Crippen molar-refractivity contribution in [3.63, 3.8) is 0 Å². The number of amides is 2. The van der Waals surface area contributed by atoms with Crippen molar-refractivity contribution in [3.8, 4) is 5.75 Å². The highest BCUT2D eigenvalue weighted by Crippen LogP contribution is 2.07. The SMILES string of the molecule is COC(=O)NNC(=S)NC(=O)COc1ccccc1. The molecule has 19 heavy (non-hydrogen) atoms. The number of rotatable bonds is 3. The number of hydrazine groups is 1. The van der Waals surface area contributed by atoms with Crippen molar-refractivity contribution in [2.45, 2.75) is 0 Å². The van der Waals surface area contributed by atoms with Gasteiger partial charge in [-0.3, -0.25) is 15.5 Å². The second-order valence-corrected chi connectivity index (χ2v) is 3.63. The summed E-state index contributed by atoms with van der Waals surface area (Å²) in [6.07, 6.45) is -0.725.